The zero-order chi connectivity index (χ0) is 19.4. The highest BCUT2D eigenvalue weighted by atomic mass is 16.5. The van der Waals surface area contributed by atoms with Crippen molar-refractivity contribution in [3.8, 4) is 11.5 Å². The summed E-state index contributed by atoms with van der Waals surface area (Å²) in [6.07, 6.45) is -0.337. The van der Waals surface area contributed by atoms with Gasteiger partial charge in [-0.25, -0.2) is 0 Å². The van der Waals surface area contributed by atoms with E-state index >= 15 is 0 Å². The van der Waals surface area contributed by atoms with Crippen molar-refractivity contribution < 1.29 is 19.1 Å². The second kappa shape index (κ2) is 8.12. The largest absolute Gasteiger partial charge is 0.497 e. The molecule has 0 aromatic heterocycles. The maximum atomic E-state index is 12.5. The Balaban J connectivity index is 1.61. The van der Waals surface area contributed by atoms with Crippen LogP contribution >= 0.6 is 0 Å². The SMILES string of the molecule is COc1cccc(CNC(=O)CCN2C(=O)[C@@H](C)Oc3ccc(C)cc32)c1. The number of carbonyl (C=O) groups excluding carboxylic acids is 2. The van der Waals surface area contributed by atoms with Crippen molar-refractivity contribution in [1.82, 2.24) is 5.32 Å². The van der Waals surface area contributed by atoms with E-state index in [0.29, 0.717) is 18.8 Å². The Morgan fingerprint density at radius 1 is 1.26 bits per heavy atom. The molecule has 1 aliphatic heterocycles. The lowest BCUT2D eigenvalue weighted by atomic mass is 10.1. The van der Waals surface area contributed by atoms with Crippen LogP contribution in [-0.4, -0.2) is 31.6 Å². The summed E-state index contributed by atoms with van der Waals surface area (Å²) >= 11 is 0. The molecule has 27 heavy (non-hydrogen) atoms. The average molecular weight is 368 g/mol. The predicted molar refractivity (Wildman–Crippen MR) is 103 cm³/mol. The monoisotopic (exact) mass is 368 g/mol. The van der Waals surface area contributed by atoms with Gasteiger partial charge in [-0.2, -0.15) is 0 Å². The Kier molecular flexibility index (Phi) is 5.64. The van der Waals surface area contributed by atoms with Gasteiger partial charge < -0.3 is 19.7 Å². The van der Waals surface area contributed by atoms with E-state index < -0.39 is 6.10 Å². The summed E-state index contributed by atoms with van der Waals surface area (Å²) in [5.74, 6) is 1.18. The summed E-state index contributed by atoms with van der Waals surface area (Å²) in [5.41, 5.74) is 2.71. The first-order chi connectivity index (χ1) is 13.0. The Bertz CT molecular complexity index is 850. The molecule has 1 N–H and O–H groups in total. The number of hydrogen-bond acceptors (Lipinski definition) is 4. The number of nitrogens with one attached hydrogen (secondary N) is 1. The van der Waals surface area contributed by atoms with Crippen molar-refractivity contribution in [2.45, 2.75) is 32.9 Å². The average Bonchev–Trinajstić information content (AvgIpc) is 2.67. The summed E-state index contributed by atoms with van der Waals surface area (Å²) in [4.78, 5) is 26.4. The molecule has 1 heterocycles. The third-order valence-corrected chi connectivity index (χ3v) is 4.51. The minimum atomic E-state index is -0.556. The van der Waals surface area contributed by atoms with Gasteiger partial charge in [0, 0.05) is 19.5 Å². The Hall–Kier alpha value is -3.02. The zero-order valence-corrected chi connectivity index (χ0v) is 15.8. The molecular formula is C21H24N2O4. The van der Waals surface area contributed by atoms with Crippen molar-refractivity contribution in [3.63, 3.8) is 0 Å². The quantitative estimate of drug-likeness (QED) is 0.851. The molecule has 2 amide bonds. The van der Waals surface area contributed by atoms with Crippen molar-refractivity contribution >= 4 is 17.5 Å². The Morgan fingerprint density at radius 3 is 2.85 bits per heavy atom. The molecular weight excluding hydrogens is 344 g/mol. The van der Waals surface area contributed by atoms with Gasteiger partial charge in [0.25, 0.3) is 5.91 Å². The van der Waals surface area contributed by atoms with Gasteiger partial charge in [-0.05, 0) is 49.2 Å². The first-order valence-electron chi connectivity index (χ1n) is 8.96. The smallest absolute Gasteiger partial charge is 0.267 e. The van der Waals surface area contributed by atoms with Crippen LogP contribution in [0, 0.1) is 6.92 Å². The summed E-state index contributed by atoms with van der Waals surface area (Å²) in [6, 6.07) is 13.3. The molecule has 0 aliphatic carbocycles. The molecule has 2 aromatic rings. The number of anilines is 1. The van der Waals surface area contributed by atoms with Gasteiger partial charge in [0.2, 0.25) is 5.91 Å². The number of rotatable bonds is 6. The molecule has 0 radical (unpaired) electrons. The maximum absolute atomic E-state index is 12.5. The van der Waals surface area contributed by atoms with E-state index in [1.165, 1.54) is 0 Å². The maximum Gasteiger partial charge on any atom is 0.267 e. The number of methoxy groups -OCH3 is 1. The number of nitrogens with zero attached hydrogens (tertiary/aromatic N) is 1. The van der Waals surface area contributed by atoms with E-state index in [2.05, 4.69) is 5.32 Å². The number of benzene rings is 2. The number of hydrogen-bond donors (Lipinski definition) is 1. The Labute approximate surface area is 159 Å². The fourth-order valence-corrected chi connectivity index (χ4v) is 3.03. The normalized spacial score (nSPS) is 15.7. The van der Waals surface area contributed by atoms with E-state index in [0.717, 1.165) is 22.6 Å². The van der Waals surface area contributed by atoms with Gasteiger partial charge in [0.1, 0.15) is 11.5 Å². The van der Waals surface area contributed by atoms with E-state index in [-0.39, 0.29) is 18.2 Å². The fraction of sp³-hybridized carbons (Fsp3) is 0.333. The van der Waals surface area contributed by atoms with Crippen LogP contribution in [-0.2, 0) is 16.1 Å². The van der Waals surface area contributed by atoms with E-state index in [1.807, 2.05) is 49.4 Å². The predicted octanol–water partition coefficient (Wildman–Crippen LogP) is 2.82. The molecule has 1 atom stereocenters. The molecule has 0 bridgehead atoms. The van der Waals surface area contributed by atoms with Crippen LogP contribution in [0.1, 0.15) is 24.5 Å². The van der Waals surface area contributed by atoms with Gasteiger partial charge in [-0.1, -0.05) is 18.2 Å². The second-order valence-corrected chi connectivity index (χ2v) is 6.60. The highest BCUT2D eigenvalue weighted by Crippen LogP contribution is 2.34. The third kappa shape index (κ3) is 4.39. The summed E-state index contributed by atoms with van der Waals surface area (Å²) in [6.45, 7) is 4.41. The zero-order valence-electron chi connectivity index (χ0n) is 15.8. The van der Waals surface area contributed by atoms with E-state index in [4.69, 9.17) is 9.47 Å². The van der Waals surface area contributed by atoms with E-state index in [9.17, 15) is 9.59 Å². The molecule has 0 saturated heterocycles. The Morgan fingerprint density at radius 2 is 2.07 bits per heavy atom. The molecule has 0 unspecified atom stereocenters. The standard InChI is InChI=1S/C21H24N2O4/c1-14-7-8-19-18(11-14)23(21(25)15(2)27-19)10-9-20(24)22-13-16-5-4-6-17(12-16)26-3/h4-8,11-12,15H,9-10,13H2,1-3H3,(H,22,24)/t15-/m1/s1. The summed E-state index contributed by atoms with van der Waals surface area (Å²) in [7, 11) is 1.61. The number of amides is 2. The number of aryl methyl sites for hydroxylation is 1. The third-order valence-electron chi connectivity index (χ3n) is 4.51. The van der Waals surface area contributed by atoms with Crippen molar-refractivity contribution in [3.05, 3.63) is 53.6 Å². The number of fused-ring (bicyclic) bond motifs is 1. The summed E-state index contributed by atoms with van der Waals surface area (Å²) < 4.78 is 10.8. The first-order valence-corrected chi connectivity index (χ1v) is 8.96. The van der Waals surface area contributed by atoms with Crippen LogP contribution in [0.3, 0.4) is 0 Å². The van der Waals surface area contributed by atoms with Crippen molar-refractivity contribution in [2.24, 2.45) is 0 Å². The molecule has 6 nitrogen and oxygen atoms in total. The van der Waals surface area contributed by atoms with Crippen LogP contribution in [0.4, 0.5) is 5.69 Å². The lowest BCUT2D eigenvalue weighted by Gasteiger charge is -2.33. The topological polar surface area (TPSA) is 67.9 Å². The van der Waals surface area contributed by atoms with Crippen LogP contribution in [0.2, 0.25) is 0 Å². The van der Waals surface area contributed by atoms with Gasteiger partial charge in [0.15, 0.2) is 6.10 Å². The molecule has 0 spiro atoms. The number of carbonyl (C=O) groups is 2. The molecule has 6 heteroatoms. The van der Waals surface area contributed by atoms with Gasteiger partial charge >= 0.3 is 0 Å². The van der Waals surface area contributed by atoms with Crippen LogP contribution < -0.4 is 19.7 Å². The van der Waals surface area contributed by atoms with Gasteiger partial charge in [-0.15, -0.1) is 0 Å². The fourth-order valence-electron chi connectivity index (χ4n) is 3.03. The van der Waals surface area contributed by atoms with Crippen LogP contribution in [0.5, 0.6) is 11.5 Å². The van der Waals surface area contributed by atoms with Gasteiger partial charge in [-0.3, -0.25) is 9.59 Å². The lowest BCUT2D eigenvalue weighted by molar-refractivity contribution is -0.125. The molecule has 2 aromatic carbocycles. The molecule has 142 valence electrons. The van der Waals surface area contributed by atoms with E-state index in [1.54, 1.807) is 18.9 Å². The second-order valence-electron chi connectivity index (χ2n) is 6.60. The minimum absolute atomic E-state index is 0.112. The minimum Gasteiger partial charge on any atom is -0.497 e. The highest BCUT2D eigenvalue weighted by molar-refractivity contribution is 6.00. The van der Waals surface area contributed by atoms with Crippen molar-refractivity contribution in [1.29, 1.82) is 0 Å². The number of ether oxygens (including phenoxy) is 2. The lowest BCUT2D eigenvalue weighted by Crippen LogP contribution is -2.45. The molecule has 0 saturated carbocycles. The van der Waals surface area contributed by atoms with Gasteiger partial charge in [0.05, 0.1) is 12.8 Å². The van der Waals surface area contributed by atoms with Crippen molar-refractivity contribution in [2.75, 3.05) is 18.6 Å². The molecule has 1 aliphatic rings. The molecule has 3 rings (SSSR count). The molecule has 0 fully saturated rings. The highest BCUT2D eigenvalue weighted by Gasteiger charge is 2.31. The first kappa shape index (κ1) is 18.8. The van der Waals surface area contributed by atoms with Crippen LogP contribution in [0.15, 0.2) is 42.5 Å². The van der Waals surface area contributed by atoms with Crippen LogP contribution in [0.25, 0.3) is 0 Å². The summed E-state index contributed by atoms with van der Waals surface area (Å²) in [5, 5.41) is 2.89.